The van der Waals surface area contributed by atoms with Gasteiger partial charge in [-0.2, -0.15) is 0 Å². The molecule has 1 radical (unpaired) electrons. The molecule has 4 nitrogen and oxygen atoms in total. The van der Waals surface area contributed by atoms with Crippen LogP contribution in [0.5, 0.6) is 0 Å². The van der Waals surface area contributed by atoms with Gasteiger partial charge in [0, 0.05) is 49.0 Å². The molecule has 0 fully saturated rings. The van der Waals surface area contributed by atoms with Crippen LogP contribution < -0.4 is 0 Å². The number of aryl methyl sites for hydroxylation is 1. The minimum absolute atomic E-state index is 0. The van der Waals surface area contributed by atoms with Crippen LogP contribution in [0.2, 0.25) is 0 Å². The van der Waals surface area contributed by atoms with Crippen LogP contribution in [-0.2, 0) is 25.5 Å². The normalized spacial score (nSPS) is 11.1. The van der Waals surface area contributed by atoms with E-state index < -0.39 is 0 Å². The summed E-state index contributed by atoms with van der Waals surface area (Å²) in [6.45, 7) is 6.45. The number of furan rings is 1. The third-order valence-electron chi connectivity index (χ3n) is 9.60. The Labute approximate surface area is 330 Å². The second-order valence-electron chi connectivity index (χ2n) is 13.6. The molecule has 5 aromatic carbocycles. The van der Waals surface area contributed by atoms with Gasteiger partial charge < -0.3 is 14.4 Å². The van der Waals surface area contributed by atoms with Gasteiger partial charge in [-0.3, -0.25) is 4.98 Å². The van der Waals surface area contributed by atoms with Gasteiger partial charge in [0.1, 0.15) is 5.58 Å². The third kappa shape index (κ3) is 7.56. The Kier molecular flexibility index (Phi) is 10.7. The van der Waals surface area contributed by atoms with E-state index in [1.807, 2.05) is 79.9 Å². The fourth-order valence-corrected chi connectivity index (χ4v) is 6.75. The van der Waals surface area contributed by atoms with E-state index in [1.165, 1.54) is 22.3 Å². The molecule has 0 spiro atoms. The molecule has 0 amide bonds. The molecule has 9 rings (SSSR count). The average molecular weight is 876 g/mol. The number of rotatable bonds is 6. The molecule has 0 unspecified atom stereocenters. The van der Waals surface area contributed by atoms with Gasteiger partial charge in [0.25, 0.3) is 0 Å². The van der Waals surface area contributed by atoms with Crippen molar-refractivity contribution in [3.05, 3.63) is 199 Å². The van der Waals surface area contributed by atoms with Crippen molar-refractivity contribution in [2.24, 2.45) is 0 Å². The summed E-state index contributed by atoms with van der Waals surface area (Å²) >= 11 is 0. The minimum atomic E-state index is -0.308. The van der Waals surface area contributed by atoms with Crippen LogP contribution in [0.15, 0.2) is 175 Å². The van der Waals surface area contributed by atoms with Gasteiger partial charge in [-0.05, 0) is 58.8 Å². The van der Waals surface area contributed by atoms with Gasteiger partial charge in [-0.1, -0.05) is 128 Å². The number of aromatic nitrogens is 3. The molecule has 9 aromatic rings. The van der Waals surface area contributed by atoms with Crippen LogP contribution in [0.25, 0.3) is 66.7 Å². The van der Waals surface area contributed by atoms with Gasteiger partial charge in [-0.25, -0.2) is 0 Å². The average Bonchev–Trinajstić information content (AvgIpc) is 3.59. The molecule has 0 bridgehead atoms. The summed E-state index contributed by atoms with van der Waals surface area (Å²) in [6, 6.07) is 60.2. The van der Waals surface area contributed by atoms with Crippen molar-refractivity contribution >= 4 is 21.9 Å². The first-order valence-electron chi connectivity index (χ1n) is 17.8. The summed E-state index contributed by atoms with van der Waals surface area (Å²) in [6.07, 6.45) is 3.66. The number of hydrogen-bond donors (Lipinski definition) is 0. The monoisotopic (exact) mass is 876 g/mol. The van der Waals surface area contributed by atoms with Crippen molar-refractivity contribution in [1.29, 1.82) is 0 Å². The Morgan fingerprint density at radius 1 is 0.556 bits per heavy atom. The molecule has 0 N–H and O–H groups in total. The Bertz CT molecular complexity index is 2580. The summed E-state index contributed by atoms with van der Waals surface area (Å²) in [4.78, 5) is 14.0. The first-order chi connectivity index (χ1) is 25.9. The summed E-state index contributed by atoms with van der Waals surface area (Å²) < 4.78 is 6.42. The third-order valence-corrected chi connectivity index (χ3v) is 9.60. The Morgan fingerprint density at radius 2 is 1.19 bits per heavy atom. The maximum atomic E-state index is 6.42. The van der Waals surface area contributed by atoms with Crippen molar-refractivity contribution in [3.63, 3.8) is 0 Å². The van der Waals surface area contributed by atoms with Gasteiger partial charge in [0.15, 0.2) is 0 Å². The van der Waals surface area contributed by atoms with Crippen molar-refractivity contribution in [2.45, 2.75) is 26.2 Å². The fraction of sp³-hybridized carbons (Fsp3) is 0.0816. The standard InChI is InChI=1S/C32H25N2O.C17H12N.Ir/c1-21-18-27-26-19-24(28-20-23(16-17-33-28)22-10-6-4-7-11-22)14-15-29(26)35-30(27)31(34-21)32(2,3)25-12-8-5-9-13-25;1-2-7-14(8-3-1)15-9-6-10-16(13-15)17-11-4-5-12-18-17;/h4-13,15-20H,1-3H3;1-9,11-13H;/q2*-1;. The second-order valence-corrected chi connectivity index (χ2v) is 13.6. The maximum Gasteiger partial charge on any atom is 0.143 e. The predicted octanol–water partition coefficient (Wildman–Crippen LogP) is 12.4. The van der Waals surface area contributed by atoms with Gasteiger partial charge >= 0.3 is 0 Å². The van der Waals surface area contributed by atoms with Crippen molar-refractivity contribution < 1.29 is 24.5 Å². The number of benzene rings is 5. The van der Waals surface area contributed by atoms with Crippen LogP contribution in [0.3, 0.4) is 0 Å². The van der Waals surface area contributed by atoms with Crippen LogP contribution in [0.1, 0.15) is 30.8 Å². The first-order valence-corrected chi connectivity index (χ1v) is 17.8. The Hall–Kier alpha value is -6.00. The SMILES string of the molecule is Cc1cc2c(oc3c[c-]c(-c4cc(-c5ccccc5)ccn4)cc32)c(C(C)(C)c2ccccc2)n1.[Ir].[c-]1ccc(-c2ccccc2)cc1-c1ccccn1. The largest absolute Gasteiger partial charge is 0.499 e. The van der Waals surface area contributed by atoms with E-state index in [-0.39, 0.29) is 25.5 Å². The van der Waals surface area contributed by atoms with E-state index in [0.29, 0.717) is 0 Å². The van der Waals surface area contributed by atoms with Crippen molar-refractivity contribution in [1.82, 2.24) is 15.0 Å². The quantitative estimate of drug-likeness (QED) is 0.156. The van der Waals surface area contributed by atoms with Crippen LogP contribution >= 0.6 is 0 Å². The van der Waals surface area contributed by atoms with E-state index in [4.69, 9.17) is 9.40 Å². The van der Waals surface area contributed by atoms with Gasteiger partial charge in [-0.15, -0.1) is 59.2 Å². The number of pyridine rings is 3. The van der Waals surface area contributed by atoms with Crippen LogP contribution in [0, 0.1) is 19.1 Å². The maximum absolute atomic E-state index is 6.42. The molecule has 4 aromatic heterocycles. The summed E-state index contributed by atoms with van der Waals surface area (Å²) in [5.41, 5.74) is 13.0. The van der Waals surface area contributed by atoms with E-state index >= 15 is 0 Å². The molecule has 0 aliphatic carbocycles. The summed E-state index contributed by atoms with van der Waals surface area (Å²) in [5, 5.41) is 2.12. The zero-order valence-electron chi connectivity index (χ0n) is 30.2. The first kappa shape index (κ1) is 36.4. The molecular formula is C49H37IrN3O-2. The minimum Gasteiger partial charge on any atom is -0.499 e. The topological polar surface area (TPSA) is 51.8 Å². The van der Waals surface area contributed by atoms with Crippen molar-refractivity contribution in [3.8, 4) is 44.8 Å². The second kappa shape index (κ2) is 15.9. The predicted molar refractivity (Wildman–Crippen MR) is 216 cm³/mol. The Morgan fingerprint density at radius 3 is 1.87 bits per heavy atom. The number of hydrogen-bond acceptors (Lipinski definition) is 4. The summed E-state index contributed by atoms with van der Waals surface area (Å²) in [7, 11) is 0. The molecule has 54 heavy (non-hydrogen) atoms. The van der Waals surface area contributed by atoms with Crippen LogP contribution in [-0.4, -0.2) is 15.0 Å². The molecule has 0 aliphatic rings. The van der Waals surface area contributed by atoms with E-state index in [2.05, 4.69) is 127 Å². The fourth-order valence-electron chi connectivity index (χ4n) is 6.75. The Balaban J connectivity index is 0.000000200. The molecule has 0 saturated carbocycles. The van der Waals surface area contributed by atoms with Crippen molar-refractivity contribution in [2.75, 3.05) is 0 Å². The van der Waals surface area contributed by atoms with Gasteiger partial charge in [0.05, 0.1) is 11.3 Å². The van der Waals surface area contributed by atoms with Crippen LogP contribution in [0.4, 0.5) is 0 Å². The summed E-state index contributed by atoms with van der Waals surface area (Å²) in [5.74, 6) is 0. The number of fused-ring (bicyclic) bond motifs is 3. The molecule has 0 aliphatic heterocycles. The molecule has 0 saturated heterocycles. The zero-order valence-corrected chi connectivity index (χ0v) is 32.6. The van der Waals surface area contributed by atoms with Gasteiger partial charge in [0.2, 0.25) is 0 Å². The molecular weight excluding hydrogens is 839 g/mol. The number of nitrogens with zero attached hydrogens (tertiary/aromatic N) is 3. The molecule has 4 heterocycles. The molecule has 5 heteroatoms. The zero-order chi connectivity index (χ0) is 36.2. The van der Waals surface area contributed by atoms with E-state index in [9.17, 15) is 0 Å². The molecule has 265 valence electrons. The molecule has 0 atom stereocenters. The smallest absolute Gasteiger partial charge is 0.143 e. The van der Waals surface area contributed by atoms with E-state index in [1.54, 1.807) is 6.20 Å². The van der Waals surface area contributed by atoms with E-state index in [0.717, 1.165) is 61.4 Å².